The van der Waals surface area contributed by atoms with Gasteiger partial charge in [-0.15, -0.1) is 0 Å². The van der Waals surface area contributed by atoms with E-state index in [4.69, 9.17) is 11.6 Å². The molecule has 0 aliphatic heterocycles. The zero-order chi connectivity index (χ0) is 17.1. The number of hydrazone groups is 1. The molecular formula is C19H16ClN3O. The third-order valence-corrected chi connectivity index (χ3v) is 3.94. The molecule has 1 heterocycles. The number of halogens is 1. The standard InChI is InChI=1S/C19H16ClN3O/c1-12-3-6-14(7-4-12)19(24)23-21-11-16-10-15-9-13(2)5-8-17(15)22-18(16)20/h3-11H,1-2H3,(H,23,24)/b21-11-. The number of aromatic nitrogens is 1. The van der Waals surface area contributed by atoms with E-state index in [0.29, 0.717) is 16.3 Å². The van der Waals surface area contributed by atoms with Gasteiger partial charge in [0.05, 0.1) is 11.7 Å². The topological polar surface area (TPSA) is 54.4 Å². The van der Waals surface area contributed by atoms with E-state index in [0.717, 1.165) is 22.0 Å². The molecule has 0 saturated carbocycles. The fourth-order valence-corrected chi connectivity index (χ4v) is 2.50. The van der Waals surface area contributed by atoms with Gasteiger partial charge in [-0.3, -0.25) is 4.79 Å². The summed E-state index contributed by atoms with van der Waals surface area (Å²) in [5, 5.41) is 5.31. The van der Waals surface area contributed by atoms with Gasteiger partial charge in [-0.2, -0.15) is 5.10 Å². The normalized spacial score (nSPS) is 11.1. The fourth-order valence-electron chi connectivity index (χ4n) is 2.31. The summed E-state index contributed by atoms with van der Waals surface area (Å²) < 4.78 is 0. The Hall–Kier alpha value is -2.72. The molecule has 1 aromatic heterocycles. The molecule has 5 heteroatoms. The summed E-state index contributed by atoms with van der Waals surface area (Å²) in [5.41, 5.74) is 6.76. The predicted octanol–water partition coefficient (Wildman–Crippen LogP) is 4.27. The molecule has 4 nitrogen and oxygen atoms in total. The van der Waals surface area contributed by atoms with Gasteiger partial charge in [0.25, 0.3) is 5.91 Å². The third kappa shape index (κ3) is 3.60. The van der Waals surface area contributed by atoms with Crippen LogP contribution in [0.4, 0.5) is 0 Å². The Morgan fingerprint density at radius 3 is 2.54 bits per heavy atom. The molecule has 24 heavy (non-hydrogen) atoms. The van der Waals surface area contributed by atoms with Gasteiger partial charge in [0, 0.05) is 16.5 Å². The number of pyridine rings is 1. The number of hydrogen-bond donors (Lipinski definition) is 1. The maximum Gasteiger partial charge on any atom is 0.271 e. The fraction of sp³-hybridized carbons (Fsp3) is 0.105. The second-order valence-electron chi connectivity index (χ2n) is 5.63. The Kier molecular flexibility index (Phi) is 4.58. The quantitative estimate of drug-likeness (QED) is 0.441. The first-order valence-electron chi connectivity index (χ1n) is 7.50. The van der Waals surface area contributed by atoms with E-state index < -0.39 is 0 Å². The Balaban J connectivity index is 1.78. The monoisotopic (exact) mass is 337 g/mol. The predicted molar refractivity (Wildman–Crippen MR) is 97.7 cm³/mol. The molecule has 1 N–H and O–H groups in total. The number of amides is 1. The van der Waals surface area contributed by atoms with Crippen molar-refractivity contribution in [1.29, 1.82) is 0 Å². The van der Waals surface area contributed by atoms with Crippen molar-refractivity contribution in [1.82, 2.24) is 10.4 Å². The maximum atomic E-state index is 12.0. The van der Waals surface area contributed by atoms with Gasteiger partial charge in [0.1, 0.15) is 5.15 Å². The van der Waals surface area contributed by atoms with Crippen LogP contribution in [0.5, 0.6) is 0 Å². The number of aryl methyl sites for hydroxylation is 2. The van der Waals surface area contributed by atoms with Gasteiger partial charge in [-0.25, -0.2) is 10.4 Å². The average Bonchev–Trinajstić information content (AvgIpc) is 2.56. The molecule has 0 fully saturated rings. The number of hydrogen-bond acceptors (Lipinski definition) is 3. The van der Waals surface area contributed by atoms with Crippen LogP contribution < -0.4 is 5.43 Å². The number of nitrogens with zero attached hydrogens (tertiary/aromatic N) is 2. The molecule has 0 radical (unpaired) electrons. The number of benzene rings is 2. The first kappa shape index (κ1) is 16.1. The van der Waals surface area contributed by atoms with Crippen LogP contribution in [0.15, 0.2) is 53.6 Å². The van der Waals surface area contributed by atoms with Gasteiger partial charge in [0.2, 0.25) is 0 Å². The number of carbonyl (C=O) groups is 1. The summed E-state index contributed by atoms with van der Waals surface area (Å²) in [5.74, 6) is -0.271. The third-order valence-electron chi connectivity index (χ3n) is 3.63. The second kappa shape index (κ2) is 6.81. The van der Waals surface area contributed by atoms with Crippen molar-refractivity contribution in [2.24, 2.45) is 5.10 Å². The molecule has 3 rings (SSSR count). The largest absolute Gasteiger partial charge is 0.271 e. The first-order valence-corrected chi connectivity index (χ1v) is 7.88. The minimum absolute atomic E-state index is 0.271. The van der Waals surface area contributed by atoms with Crippen molar-refractivity contribution in [2.45, 2.75) is 13.8 Å². The highest BCUT2D eigenvalue weighted by atomic mass is 35.5. The molecule has 2 aromatic carbocycles. The van der Waals surface area contributed by atoms with Crippen LogP contribution in [-0.2, 0) is 0 Å². The Morgan fingerprint density at radius 2 is 1.79 bits per heavy atom. The molecule has 0 aliphatic carbocycles. The summed E-state index contributed by atoms with van der Waals surface area (Å²) in [4.78, 5) is 16.4. The van der Waals surface area contributed by atoms with Crippen molar-refractivity contribution in [3.63, 3.8) is 0 Å². The van der Waals surface area contributed by atoms with Crippen molar-refractivity contribution in [3.05, 3.63) is 75.9 Å². The molecule has 0 atom stereocenters. The number of nitrogens with one attached hydrogen (secondary N) is 1. The number of fused-ring (bicyclic) bond motifs is 1. The minimum atomic E-state index is -0.271. The van der Waals surface area contributed by atoms with Crippen molar-refractivity contribution in [3.8, 4) is 0 Å². The lowest BCUT2D eigenvalue weighted by Crippen LogP contribution is -2.17. The molecular weight excluding hydrogens is 322 g/mol. The van der Waals surface area contributed by atoms with Crippen LogP contribution in [0.3, 0.4) is 0 Å². The van der Waals surface area contributed by atoms with Gasteiger partial charge < -0.3 is 0 Å². The van der Waals surface area contributed by atoms with E-state index in [1.165, 1.54) is 6.21 Å². The number of rotatable bonds is 3. The van der Waals surface area contributed by atoms with E-state index in [2.05, 4.69) is 15.5 Å². The molecule has 0 unspecified atom stereocenters. The Morgan fingerprint density at radius 1 is 1.08 bits per heavy atom. The molecule has 0 spiro atoms. The second-order valence-corrected chi connectivity index (χ2v) is 5.99. The minimum Gasteiger partial charge on any atom is -0.267 e. The van der Waals surface area contributed by atoms with Gasteiger partial charge in [0.15, 0.2) is 0 Å². The average molecular weight is 338 g/mol. The highest BCUT2D eigenvalue weighted by Gasteiger charge is 2.05. The number of carbonyl (C=O) groups excluding carboxylic acids is 1. The van der Waals surface area contributed by atoms with E-state index in [1.54, 1.807) is 12.1 Å². The van der Waals surface area contributed by atoms with Crippen molar-refractivity contribution >= 4 is 34.6 Å². The lowest BCUT2D eigenvalue weighted by Gasteiger charge is -2.03. The van der Waals surface area contributed by atoms with E-state index in [-0.39, 0.29) is 5.91 Å². The Labute approximate surface area is 145 Å². The lowest BCUT2D eigenvalue weighted by molar-refractivity contribution is 0.0955. The molecule has 1 amide bonds. The maximum absolute atomic E-state index is 12.0. The van der Waals surface area contributed by atoms with E-state index in [9.17, 15) is 4.79 Å². The molecule has 0 saturated heterocycles. The van der Waals surface area contributed by atoms with Gasteiger partial charge >= 0.3 is 0 Å². The molecule has 0 aliphatic rings. The van der Waals surface area contributed by atoms with Gasteiger partial charge in [-0.05, 0) is 44.2 Å². The molecule has 0 bridgehead atoms. The summed E-state index contributed by atoms with van der Waals surface area (Å²) in [6, 6.07) is 15.1. The first-order chi connectivity index (χ1) is 11.5. The zero-order valence-electron chi connectivity index (χ0n) is 13.4. The highest BCUT2D eigenvalue weighted by Crippen LogP contribution is 2.20. The highest BCUT2D eigenvalue weighted by molar-refractivity contribution is 6.32. The van der Waals surface area contributed by atoms with Crippen LogP contribution in [-0.4, -0.2) is 17.1 Å². The summed E-state index contributed by atoms with van der Waals surface area (Å²) in [6.07, 6.45) is 1.50. The zero-order valence-corrected chi connectivity index (χ0v) is 14.1. The Bertz CT molecular complexity index is 933. The van der Waals surface area contributed by atoms with Crippen molar-refractivity contribution < 1.29 is 4.79 Å². The van der Waals surface area contributed by atoms with Crippen LogP contribution in [0, 0.1) is 13.8 Å². The molecule has 120 valence electrons. The lowest BCUT2D eigenvalue weighted by atomic mass is 10.1. The van der Waals surface area contributed by atoms with Crippen LogP contribution >= 0.6 is 11.6 Å². The van der Waals surface area contributed by atoms with Crippen molar-refractivity contribution in [2.75, 3.05) is 0 Å². The SMILES string of the molecule is Cc1ccc(C(=O)N/N=C\c2cc3cc(C)ccc3nc2Cl)cc1. The summed E-state index contributed by atoms with van der Waals surface area (Å²) >= 11 is 6.18. The van der Waals surface area contributed by atoms with Gasteiger partial charge in [-0.1, -0.05) is 40.9 Å². The van der Waals surface area contributed by atoms with Crippen LogP contribution in [0.25, 0.3) is 10.9 Å². The summed E-state index contributed by atoms with van der Waals surface area (Å²) in [7, 11) is 0. The van der Waals surface area contributed by atoms with E-state index in [1.807, 2.05) is 50.2 Å². The summed E-state index contributed by atoms with van der Waals surface area (Å²) in [6.45, 7) is 3.99. The smallest absolute Gasteiger partial charge is 0.267 e. The molecule has 3 aromatic rings. The van der Waals surface area contributed by atoms with Crippen LogP contribution in [0.2, 0.25) is 5.15 Å². The van der Waals surface area contributed by atoms with E-state index >= 15 is 0 Å². The van der Waals surface area contributed by atoms with Crippen LogP contribution in [0.1, 0.15) is 27.0 Å².